The van der Waals surface area contributed by atoms with Crippen LogP contribution in [-0.4, -0.2) is 24.2 Å². The van der Waals surface area contributed by atoms with Crippen LogP contribution in [0.5, 0.6) is 11.5 Å². The summed E-state index contributed by atoms with van der Waals surface area (Å²) in [4.78, 5) is 19.0. The zero-order chi connectivity index (χ0) is 17.3. The van der Waals surface area contributed by atoms with E-state index in [2.05, 4.69) is 23.8 Å². The monoisotopic (exact) mass is 324 g/mol. The van der Waals surface area contributed by atoms with Gasteiger partial charge in [0.1, 0.15) is 11.5 Å². The summed E-state index contributed by atoms with van der Waals surface area (Å²) in [5.74, 6) is 1.79. The molecule has 1 aromatic carbocycles. The Morgan fingerprint density at radius 3 is 2.33 bits per heavy atom. The highest BCUT2D eigenvalue weighted by Crippen LogP contribution is 2.40. The molecule has 0 unspecified atom stereocenters. The van der Waals surface area contributed by atoms with Crippen LogP contribution in [0, 0.1) is 0 Å². The average molecular weight is 324 g/mol. The molecule has 24 heavy (non-hydrogen) atoms. The Morgan fingerprint density at radius 1 is 1.08 bits per heavy atom. The van der Waals surface area contributed by atoms with Gasteiger partial charge in [-0.2, -0.15) is 0 Å². The summed E-state index contributed by atoms with van der Waals surface area (Å²) in [7, 11) is 3.30. The number of benzene rings is 1. The van der Waals surface area contributed by atoms with Crippen LogP contribution in [0.1, 0.15) is 25.3 Å². The molecule has 0 amide bonds. The van der Waals surface area contributed by atoms with E-state index < -0.39 is 0 Å². The minimum absolute atomic E-state index is 0.131. The Hall–Kier alpha value is -2.82. The van der Waals surface area contributed by atoms with Crippen LogP contribution in [0.3, 0.4) is 0 Å². The van der Waals surface area contributed by atoms with Crippen molar-refractivity contribution in [3.8, 4) is 22.6 Å². The van der Waals surface area contributed by atoms with Gasteiger partial charge >= 0.3 is 0 Å². The highest BCUT2D eigenvalue weighted by molar-refractivity contribution is 5.95. The van der Waals surface area contributed by atoms with Crippen molar-refractivity contribution >= 4 is 10.8 Å². The summed E-state index contributed by atoms with van der Waals surface area (Å²) in [5.41, 5.74) is 2.68. The summed E-state index contributed by atoms with van der Waals surface area (Å²) in [6, 6.07) is 5.66. The maximum absolute atomic E-state index is 12.0. The molecule has 0 aliphatic carbocycles. The van der Waals surface area contributed by atoms with E-state index in [-0.39, 0.29) is 11.5 Å². The number of nitrogens with zero attached hydrogens (tertiary/aromatic N) is 1. The number of aromatic amines is 1. The molecule has 124 valence electrons. The van der Waals surface area contributed by atoms with Gasteiger partial charge < -0.3 is 14.5 Å². The van der Waals surface area contributed by atoms with E-state index in [1.54, 1.807) is 38.9 Å². The molecule has 0 spiro atoms. The minimum Gasteiger partial charge on any atom is -0.496 e. The van der Waals surface area contributed by atoms with Crippen molar-refractivity contribution in [3.63, 3.8) is 0 Å². The fourth-order valence-corrected chi connectivity index (χ4v) is 3.00. The van der Waals surface area contributed by atoms with E-state index in [1.165, 1.54) is 0 Å². The number of nitrogens with one attached hydrogen (secondary N) is 1. The normalized spacial score (nSPS) is 11.0. The molecule has 2 aromatic heterocycles. The number of aromatic nitrogens is 2. The van der Waals surface area contributed by atoms with Gasteiger partial charge in [-0.1, -0.05) is 13.8 Å². The van der Waals surface area contributed by atoms with Crippen molar-refractivity contribution in [3.05, 3.63) is 52.7 Å². The Bertz CT molecular complexity index is 920. The number of hydrogen-bond donors (Lipinski definition) is 1. The second-order valence-corrected chi connectivity index (χ2v) is 5.90. The molecule has 0 saturated carbocycles. The summed E-state index contributed by atoms with van der Waals surface area (Å²) in [5, 5.41) is 1.40. The van der Waals surface area contributed by atoms with Crippen molar-refractivity contribution in [2.24, 2.45) is 0 Å². The molecule has 0 atom stereocenters. The molecule has 0 saturated heterocycles. The number of rotatable bonds is 4. The fourth-order valence-electron chi connectivity index (χ4n) is 3.00. The zero-order valence-electron chi connectivity index (χ0n) is 14.2. The lowest BCUT2D eigenvalue weighted by molar-refractivity contribution is 0.382. The van der Waals surface area contributed by atoms with Crippen molar-refractivity contribution in [1.29, 1.82) is 0 Å². The predicted molar refractivity (Wildman–Crippen MR) is 95.0 cm³/mol. The van der Waals surface area contributed by atoms with Crippen LogP contribution >= 0.6 is 0 Å². The number of fused-ring (bicyclic) bond motifs is 1. The molecular weight excluding hydrogens is 304 g/mol. The molecule has 2 heterocycles. The van der Waals surface area contributed by atoms with E-state index in [0.717, 1.165) is 33.6 Å². The second-order valence-electron chi connectivity index (χ2n) is 5.90. The molecule has 0 aliphatic rings. The standard InChI is InChI=1S/C19H20N2O3/c1-11(2)18-16(23-3)7-12(8-17(18)24-4)14-10-21-19(22)13-5-6-20-9-15(13)14/h5-11H,1-4H3,(H,21,22). The quantitative estimate of drug-likeness (QED) is 0.794. The van der Waals surface area contributed by atoms with Crippen molar-refractivity contribution in [2.75, 3.05) is 14.2 Å². The summed E-state index contributed by atoms with van der Waals surface area (Å²) in [6.07, 6.45) is 5.02. The SMILES string of the molecule is COc1cc(-c2c[nH]c(=O)c3ccncc23)cc(OC)c1C(C)C. The first-order chi connectivity index (χ1) is 11.6. The lowest BCUT2D eigenvalue weighted by Gasteiger charge is -2.18. The van der Waals surface area contributed by atoms with Gasteiger partial charge in [0.2, 0.25) is 0 Å². The van der Waals surface area contributed by atoms with Gasteiger partial charge in [0.05, 0.1) is 19.6 Å². The van der Waals surface area contributed by atoms with Crippen LogP contribution in [0.15, 0.2) is 41.6 Å². The van der Waals surface area contributed by atoms with E-state index >= 15 is 0 Å². The molecule has 1 N–H and O–H groups in total. The van der Waals surface area contributed by atoms with E-state index in [1.807, 2.05) is 12.1 Å². The van der Waals surface area contributed by atoms with E-state index in [0.29, 0.717) is 5.39 Å². The molecule has 3 aromatic rings. The zero-order valence-corrected chi connectivity index (χ0v) is 14.2. The number of ether oxygens (including phenoxy) is 2. The van der Waals surface area contributed by atoms with Gasteiger partial charge in [0, 0.05) is 35.1 Å². The van der Waals surface area contributed by atoms with E-state index in [4.69, 9.17) is 9.47 Å². The molecule has 0 fully saturated rings. The Morgan fingerprint density at radius 2 is 1.75 bits per heavy atom. The average Bonchev–Trinajstić information content (AvgIpc) is 2.60. The van der Waals surface area contributed by atoms with Gasteiger partial charge in [-0.3, -0.25) is 9.78 Å². The molecule has 5 heteroatoms. The molecular formula is C19H20N2O3. The van der Waals surface area contributed by atoms with Crippen molar-refractivity contribution in [1.82, 2.24) is 9.97 Å². The summed E-state index contributed by atoms with van der Waals surface area (Å²) in [6.45, 7) is 4.19. The number of pyridine rings is 2. The smallest absolute Gasteiger partial charge is 0.255 e. The predicted octanol–water partition coefficient (Wildman–Crippen LogP) is 3.73. The third kappa shape index (κ3) is 2.62. The van der Waals surface area contributed by atoms with Gasteiger partial charge in [-0.25, -0.2) is 0 Å². The maximum atomic E-state index is 12.0. The van der Waals surface area contributed by atoms with Crippen LogP contribution in [-0.2, 0) is 0 Å². The second kappa shape index (κ2) is 6.35. The third-order valence-electron chi connectivity index (χ3n) is 4.14. The first kappa shape index (κ1) is 16.1. The number of methoxy groups -OCH3 is 2. The molecule has 3 rings (SSSR count). The van der Waals surface area contributed by atoms with Crippen molar-refractivity contribution in [2.45, 2.75) is 19.8 Å². The maximum Gasteiger partial charge on any atom is 0.255 e. The van der Waals surface area contributed by atoms with Gasteiger partial charge in [-0.15, -0.1) is 0 Å². The Kier molecular flexibility index (Phi) is 4.25. The number of hydrogen-bond acceptors (Lipinski definition) is 4. The van der Waals surface area contributed by atoms with Crippen LogP contribution in [0.2, 0.25) is 0 Å². The molecule has 0 bridgehead atoms. The fraction of sp³-hybridized carbons (Fsp3) is 0.263. The summed E-state index contributed by atoms with van der Waals surface area (Å²) < 4.78 is 11.2. The molecule has 0 aliphatic heterocycles. The highest BCUT2D eigenvalue weighted by Gasteiger charge is 2.17. The van der Waals surface area contributed by atoms with E-state index in [9.17, 15) is 4.79 Å². The van der Waals surface area contributed by atoms with Crippen LogP contribution < -0.4 is 15.0 Å². The summed E-state index contributed by atoms with van der Waals surface area (Å²) >= 11 is 0. The number of H-pyrrole nitrogens is 1. The largest absolute Gasteiger partial charge is 0.496 e. The topological polar surface area (TPSA) is 64.2 Å². The lowest BCUT2D eigenvalue weighted by atomic mass is 9.95. The minimum atomic E-state index is -0.131. The van der Waals surface area contributed by atoms with Crippen LogP contribution in [0.25, 0.3) is 21.9 Å². The van der Waals surface area contributed by atoms with Gasteiger partial charge in [0.15, 0.2) is 0 Å². The third-order valence-corrected chi connectivity index (χ3v) is 4.14. The Labute approximate surface area is 140 Å². The first-order valence-electron chi connectivity index (χ1n) is 7.78. The molecule has 5 nitrogen and oxygen atoms in total. The van der Waals surface area contributed by atoms with Crippen LogP contribution in [0.4, 0.5) is 0 Å². The van der Waals surface area contributed by atoms with Crippen molar-refractivity contribution < 1.29 is 9.47 Å². The lowest BCUT2D eigenvalue weighted by Crippen LogP contribution is -2.06. The van der Waals surface area contributed by atoms with Gasteiger partial charge in [-0.05, 0) is 29.7 Å². The first-order valence-corrected chi connectivity index (χ1v) is 7.78. The highest BCUT2D eigenvalue weighted by atomic mass is 16.5. The Balaban J connectivity index is 2.32. The van der Waals surface area contributed by atoms with Gasteiger partial charge in [0.25, 0.3) is 5.56 Å². The molecule has 0 radical (unpaired) electrons.